The summed E-state index contributed by atoms with van der Waals surface area (Å²) >= 11 is 0. The van der Waals surface area contributed by atoms with Crippen LogP contribution < -0.4 is 5.32 Å². The summed E-state index contributed by atoms with van der Waals surface area (Å²) < 4.78 is 0. The van der Waals surface area contributed by atoms with Crippen molar-refractivity contribution in [2.24, 2.45) is 5.92 Å². The number of aliphatic carboxylic acids is 1. The molecule has 2 N–H and O–H groups in total. The number of piperidine rings is 1. The van der Waals surface area contributed by atoms with Gasteiger partial charge in [0.05, 0.1) is 0 Å². The predicted octanol–water partition coefficient (Wildman–Crippen LogP) is 1.98. The molecule has 21 heavy (non-hydrogen) atoms. The average molecular weight is 288 g/mol. The van der Waals surface area contributed by atoms with E-state index in [0.29, 0.717) is 12.1 Å². The number of nitrogens with one attached hydrogen (secondary N) is 1. The van der Waals surface area contributed by atoms with E-state index in [-0.39, 0.29) is 11.8 Å². The van der Waals surface area contributed by atoms with Crippen molar-refractivity contribution in [2.75, 3.05) is 18.4 Å². The van der Waals surface area contributed by atoms with Crippen LogP contribution in [-0.4, -0.2) is 41.0 Å². The zero-order valence-corrected chi connectivity index (χ0v) is 12.1. The monoisotopic (exact) mass is 288 g/mol. The molecule has 1 fully saturated rings. The number of anilines is 1. The van der Waals surface area contributed by atoms with E-state index in [1.807, 2.05) is 19.1 Å². The zero-order chi connectivity index (χ0) is 15.0. The summed E-state index contributed by atoms with van der Waals surface area (Å²) in [5, 5.41) is 12.7. The lowest BCUT2D eigenvalue weighted by atomic mass is 9.90. The minimum absolute atomic E-state index is 0.00343. The first kappa shape index (κ1) is 13.9. The summed E-state index contributed by atoms with van der Waals surface area (Å²) in [5.74, 6) is -1.07. The van der Waals surface area contributed by atoms with E-state index >= 15 is 0 Å². The molecule has 3 rings (SSSR count). The normalized spacial score (nSPS) is 24.3. The Morgan fingerprint density at radius 3 is 2.95 bits per heavy atom. The van der Waals surface area contributed by atoms with Crippen molar-refractivity contribution < 1.29 is 14.7 Å². The molecule has 2 aliphatic rings. The van der Waals surface area contributed by atoms with Crippen LogP contribution >= 0.6 is 0 Å². The number of carbonyl (C=O) groups excluding carboxylic acids is 1. The number of likely N-dealkylation sites (tertiary alicyclic amines) is 1. The van der Waals surface area contributed by atoms with Gasteiger partial charge in [-0.15, -0.1) is 0 Å². The second-order valence-electron chi connectivity index (χ2n) is 5.95. The summed E-state index contributed by atoms with van der Waals surface area (Å²) in [7, 11) is 0. The van der Waals surface area contributed by atoms with Gasteiger partial charge in [0.15, 0.2) is 0 Å². The Kier molecular flexibility index (Phi) is 3.57. The van der Waals surface area contributed by atoms with Crippen molar-refractivity contribution in [1.29, 1.82) is 0 Å². The predicted molar refractivity (Wildman–Crippen MR) is 79.5 cm³/mol. The third-order valence-corrected chi connectivity index (χ3v) is 4.51. The Hall–Kier alpha value is -2.04. The molecule has 0 aliphatic carbocycles. The minimum atomic E-state index is -0.904. The van der Waals surface area contributed by atoms with Crippen LogP contribution in [0.5, 0.6) is 0 Å². The SMILES string of the molecule is CC1CCCN(C(=O)c2ccc3c(c2)CCN3)C1C(=O)O. The second-order valence-corrected chi connectivity index (χ2v) is 5.95. The number of fused-ring (bicyclic) bond motifs is 1. The number of rotatable bonds is 2. The van der Waals surface area contributed by atoms with Gasteiger partial charge in [0.25, 0.3) is 5.91 Å². The van der Waals surface area contributed by atoms with E-state index in [1.54, 1.807) is 6.07 Å². The highest BCUT2D eigenvalue weighted by molar-refractivity contribution is 5.97. The molecular weight excluding hydrogens is 268 g/mol. The Labute approximate surface area is 123 Å². The van der Waals surface area contributed by atoms with Gasteiger partial charge in [-0.1, -0.05) is 6.92 Å². The minimum Gasteiger partial charge on any atom is -0.480 e. The fraction of sp³-hybridized carbons (Fsp3) is 0.500. The first-order valence-electron chi connectivity index (χ1n) is 7.48. The molecule has 1 aromatic rings. The van der Waals surface area contributed by atoms with Crippen LogP contribution in [0.1, 0.15) is 35.7 Å². The molecule has 2 heterocycles. The molecule has 112 valence electrons. The van der Waals surface area contributed by atoms with Crippen molar-refractivity contribution >= 4 is 17.6 Å². The molecule has 0 radical (unpaired) electrons. The lowest BCUT2D eigenvalue weighted by molar-refractivity contribution is -0.145. The molecule has 2 unspecified atom stereocenters. The standard InChI is InChI=1S/C16H20N2O3/c1-10-3-2-8-18(14(10)16(20)21)15(19)12-4-5-13-11(9-12)6-7-17-13/h4-5,9-10,14,17H,2-3,6-8H2,1H3,(H,20,21). The molecule has 1 saturated heterocycles. The maximum Gasteiger partial charge on any atom is 0.326 e. The third kappa shape index (κ3) is 2.48. The highest BCUT2D eigenvalue weighted by Gasteiger charge is 2.37. The van der Waals surface area contributed by atoms with Gasteiger partial charge < -0.3 is 15.3 Å². The third-order valence-electron chi connectivity index (χ3n) is 4.51. The lowest BCUT2D eigenvalue weighted by Gasteiger charge is -2.37. The van der Waals surface area contributed by atoms with Crippen molar-refractivity contribution in [2.45, 2.75) is 32.2 Å². The van der Waals surface area contributed by atoms with E-state index in [9.17, 15) is 14.7 Å². The zero-order valence-electron chi connectivity index (χ0n) is 12.1. The molecule has 1 aromatic carbocycles. The van der Waals surface area contributed by atoms with Gasteiger partial charge in [0, 0.05) is 24.3 Å². The number of carbonyl (C=O) groups is 2. The first-order valence-corrected chi connectivity index (χ1v) is 7.48. The lowest BCUT2D eigenvalue weighted by Crippen LogP contribution is -2.51. The first-order chi connectivity index (χ1) is 10.1. The van der Waals surface area contributed by atoms with Gasteiger partial charge >= 0.3 is 5.97 Å². The van der Waals surface area contributed by atoms with Crippen LogP contribution in [0.15, 0.2) is 18.2 Å². The average Bonchev–Trinajstić information content (AvgIpc) is 2.93. The molecule has 0 bridgehead atoms. The molecule has 2 aliphatic heterocycles. The maximum atomic E-state index is 12.7. The highest BCUT2D eigenvalue weighted by atomic mass is 16.4. The van der Waals surface area contributed by atoms with Gasteiger partial charge in [-0.25, -0.2) is 4.79 Å². The molecule has 5 nitrogen and oxygen atoms in total. The fourth-order valence-electron chi connectivity index (χ4n) is 3.40. The summed E-state index contributed by atoms with van der Waals surface area (Å²) in [6.07, 6.45) is 2.63. The summed E-state index contributed by atoms with van der Waals surface area (Å²) in [4.78, 5) is 25.7. The largest absolute Gasteiger partial charge is 0.480 e. The number of carboxylic acid groups (broad SMARTS) is 1. The van der Waals surface area contributed by atoms with Crippen LogP contribution in [0.3, 0.4) is 0 Å². The molecule has 2 atom stereocenters. The van der Waals surface area contributed by atoms with Gasteiger partial charge in [0.2, 0.25) is 0 Å². The van der Waals surface area contributed by atoms with Crippen LogP contribution in [0.4, 0.5) is 5.69 Å². The van der Waals surface area contributed by atoms with Gasteiger partial charge in [-0.2, -0.15) is 0 Å². The number of hydrogen-bond donors (Lipinski definition) is 2. The van der Waals surface area contributed by atoms with Crippen LogP contribution in [0.2, 0.25) is 0 Å². The smallest absolute Gasteiger partial charge is 0.326 e. The number of benzene rings is 1. The van der Waals surface area contributed by atoms with Crippen molar-refractivity contribution in [3.8, 4) is 0 Å². The van der Waals surface area contributed by atoms with Gasteiger partial charge in [0.1, 0.15) is 6.04 Å². The van der Waals surface area contributed by atoms with Crippen LogP contribution in [0.25, 0.3) is 0 Å². The Morgan fingerprint density at radius 1 is 1.38 bits per heavy atom. The van der Waals surface area contributed by atoms with E-state index < -0.39 is 12.0 Å². The molecule has 0 aromatic heterocycles. The van der Waals surface area contributed by atoms with Crippen molar-refractivity contribution in [3.05, 3.63) is 29.3 Å². The van der Waals surface area contributed by atoms with Crippen molar-refractivity contribution in [3.63, 3.8) is 0 Å². The molecule has 5 heteroatoms. The Balaban J connectivity index is 1.88. The van der Waals surface area contributed by atoms with Crippen LogP contribution in [-0.2, 0) is 11.2 Å². The summed E-state index contributed by atoms with van der Waals surface area (Å²) in [5.41, 5.74) is 2.81. The van der Waals surface area contributed by atoms with E-state index in [4.69, 9.17) is 0 Å². The van der Waals surface area contributed by atoms with E-state index in [0.717, 1.165) is 37.1 Å². The summed E-state index contributed by atoms with van der Waals surface area (Å²) in [6.45, 7) is 3.33. The van der Waals surface area contributed by atoms with Gasteiger partial charge in [-0.05, 0) is 48.9 Å². The van der Waals surface area contributed by atoms with Crippen molar-refractivity contribution in [1.82, 2.24) is 4.90 Å². The molecular formula is C16H20N2O3. The van der Waals surface area contributed by atoms with Crippen LogP contribution in [0, 0.1) is 5.92 Å². The summed E-state index contributed by atoms with van der Waals surface area (Å²) in [6, 6.07) is 4.89. The van der Waals surface area contributed by atoms with E-state index in [1.165, 1.54) is 4.90 Å². The molecule has 0 spiro atoms. The number of nitrogens with zero attached hydrogens (tertiary/aromatic N) is 1. The topological polar surface area (TPSA) is 69.6 Å². The number of amides is 1. The molecule has 1 amide bonds. The maximum absolute atomic E-state index is 12.7. The Bertz CT molecular complexity index is 585. The number of carboxylic acids is 1. The highest BCUT2D eigenvalue weighted by Crippen LogP contribution is 2.28. The fourth-order valence-corrected chi connectivity index (χ4v) is 3.40. The van der Waals surface area contributed by atoms with Gasteiger partial charge in [-0.3, -0.25) is 4.79 Å². The second kappa shape index (κ2) is 5.39. The molecule has 0 saturated carbocycles. The number of hydrogen-bond acceptors (Lipinski definition) is 3. The Morgan fingerprint density at radius 2 is 2.19 bits per heavy atom. The van der Waals surface area contributed by atoms with E-state index in [2.05, 4.69) is 5.32 Å². The quantitative estimate of drug-likeness (QED) is 0.873.